The molecule has 1 aliphatic rings. The fourth-order valence-electron chi connectivity index (χ4n) is 1.86. The van der Waals surface area contributed by atoms with Crippen LogP contribution in [0.5, 0.6) is 11.6 Å². The van der Waals surface area contributed by atoms with Crippen molar-refractivity contribution in [3.63, 3.8) is 0 Å². The maximum atomic E-state index is 5.88. The van der Waals surface area contributed by atoms with E-state index < -0.39 is 0 Å². The Kier molecular flexibility index (Phi) is 4.62. The van der Waals surface area contributed by atoms with E-state index in [0.29, 0.717) is 12.5 Å². The molecule has 4 heteroatoms. The molecule has 17 heavy (non-hydrogen) atoms. The number of nitrogens with one attached hydrogen (secondary N) is 1. The van der Waals surface area contributed by atoms with Crippen molar-refractivity contribution in [1.82, 2.24) is 10.3 Å². The van der Waals surface area contributed by atoms with Gasteiger partial charge in [-0.3, -0.25) is 0 Å². The van der Waals surface area contributed by atoms with Gasteiger partial charge in [-0.15, -0.1) is 0 Å². The van der Waals surface area contributed by atoms with E-state index in [9.17, 15) is 0 Å². The Hall–Kier alpha value is -1.29. The van der Waals surface area contributed by atoms with E-state index in [1.807, 2.05) is 12.1 Å². The fourth-order valence-corrected chi connectivity index (χ4v) is 1.86. The standard InChI is InChI=1S/C13H20N2O2/c1-2-9-16-12-6-4-8-15-13(12)17-11-5-3-7-14-10-11/h4,6,8,11,14H,2-3,5,7,9-10H2,1H3/t11-/m0/s1. The van der Waals surface area contributed by atoms with E-state index in [4.69, 9.17) is 9.47 Å². The van der Waals surface area contributed by atoms with Crippen LogP contribution in [-0.2, 0) is 0 Å². The van der Waals surface area contributed by atoms with Crippen LogP contribution in [-0.4, -0.2) is 30.8 Å². The lowest BCUT2D eigenvalue weighted by molar-refractivity contribution is 0.151. The number of ether oxygens (including phenoxy) is 2. The molecule has 0 saturated carbocycles. The Morgan fingerprint density at radius 1 is 1.53 bits per heavy atom. The van der Waals surface area contributed by atoms with Crippen LogP contribution in [0.25, 0.3) is 0 Å². The van der Waals surface area contributed by atoms with Gasteiger partial charge in [-0.2, -0.15) is 0 Å². The molecule has 0 aromatic carbocycles. The second-order valence-electron chi connectivity index (χ2n) is 4.24. The minimum absolute atomic E-state index is 0.211. The first-order valence-electron chi connectivity index (χ1n) is 6.35. The molecule has 0 aliphatic carbocycles. The van der Waals surface area contributed by atoms with Crippen molar-refractivity contribution in [3.8, 4) is 11.6 Å². The van der Waals surface area contributed by atoms with Crippen molar-refractivity contribution in [1.29, 1.82) is 0 Å². The van der Waals surface area contributed by atoms with E-state index in [0.717, 1.165) is 38.1 Å². The van der Waals surface area contributed by atoms with E-state index >= 15 is 0 Å². The van der Waals surface area contributed by atoms with Crippen molar-refractivity contribution in [2.45, 2.75) is 32.3 Å². The van der Waals surface area contributed by atoms with E-state index in [1.165, 1.54) is 0 Å². The van der Waals surface area contributed by atoms with E-state index in [1.54, 1.807) is 6.20 Å². The largest absolute Gasteiger partial charge is 0.488 e. The summed E-state index contributed by atoms with van der Waals surface area (Å²) in [5.74, 6) is 1.37. The minimum Gasteiger partial charge on any atom is -0.488 e. The molecule has 0 radical (unpaired) electrons. The SMILES string of the molecule is CCCOc1cccnc1O[C@H]1CCCNC1. The molecule has 94 valence electrons. The van der Waals surface area contributed by atoms with Crippen LogP contribution < -0.4 is 14.8 Å². The molecule has 4 nitrogen and oxygen atoms in total. The molecule has 0 spiro atoms. The van der Waals surface area contributed by atoms with Crippen LogP contribution in [0.1, 0.15) is 26.2 Å². The molecule has 1 aromatic rings. The highest BCUT2D eigenvalue weighted by atomic mass is 16.5. The third kappa shape index (κ3) is 3.60. The summed E-state index contributed by atoms with van der Waals surface area (Å²) in [6.45, 7) is 4.76. The number of hydrogen-bond acceptors (Lipinski definition) is 4. The number of pyridine rings is 1. The van der Waals surface area contributed by atoms with Gasteiger partial charge in [0.1, 0.15) is 6.10 Å². The lowest BCUT2D eigenvalue weighted by Crippen LogP contribution is -2.37. The predicted octanol–water partition coefficient (Wildman–Crippen LogP) is 2.00. The maximum absolute atomic E-state index is 5.88. The molecule has 2 heterocycles. The Labute approximate surface area is 102 Å². The molecule has 0 bridgehead atoms. The lowest BCUT2D eigenvalue weighted by Gasteiger charge is -2.24. The van der Waals surface area contributed by atoms with Gasteiger partial charge in [0.05, 0.1) is 6.61 Å². The number of piperidine rings is 1. The predicted molar refractivity (Wildman–Crippen MR) is 66.5 cm³/mol. The molecule has 0 amide bonds. The molecule has 1 N–H and O–H groups in total. The van der Waals surface area contributed by atoms with Gasteiger partial charge in [0.15, 0.2) is 5.75 Å². The Morgan fingerprint density at radius 2 is 2.47 bits per heavy atom. The quantitative estimate of drug-likeness (QED) is 0.849. The normalized spacial score (nSPS) is 19.9. The summed E-state index contributed by atoms with van der Waals surface area (Å²) in [6, 6.07) is 3.78. The highest BCUT2D eigenvalue weighted by molar-refractivity contribution is 5.32. The zero-order valence-electron chi connectivity index (χ0n) is 10.3. The first-order chi connectivity index (χ1) is 8.40. The summed E-state index contributed by atoms with van der Waals surface area (Å²) < 4.78 is 11.5. The van der Waals surface area contributed by atoms with Crippen molar-refractivity contribution in [2.75, 3.05) is 19.7 Å². The first-order valence-corrected chi connectivity index (χ1v) is 6.35. The Balaban J connectivity index is 1.98. The van der Waals surface area contributed by atoms with Gasteiger partial charge in [-0.25, -0.2) is 4.98 Å². The number of nitrogens with zero attached hydrogens (tertiary/aromatic N) is 1. The minimum atomic E-state index is 0.211. The molecule has 2 rings (SSSR count). The number of aromatic nitrogens is 1. The second-order valence-corrected chi connectivity index (χ2v) is 4.24. The molecule has 1 fully saturated rings. The average molecular weight is 236 g/mol. The van der Waals surface area contributed by atoms with Crippen molar-refractivity contribution in [3.05, 3.63) is 18.3 Å². The highest BCUT2D eigenvalue weighted by Crippen LogP contribution is 2.25. The van der Waals surface area contributed by atoms with Gasteiger partial charge in [-0.05, 0) is 37.9 Å². The summed E-state index contributed by atoms with van der Waals surface area (Å²) in [7, 11) is 0. The summed E-state index contributed by atoms with van der Waals surface area (Å²) in [4.78, 5) is 4.25. The summed E-state index contributed by atoms with van der Waals surface area (Å²) in [6.07, 6.45) is 5.17. The van der Waals surface area contributed by atoms with Gasteiger partial charge in [0.2, 0.25) is 0 Å². The van der Waals surface area contributed by atoms with Crippen LogP contribution >= 0.6 is 0 Å². The number of rotatable bonds is 5. The Bertz CT molecular complexity index is 338. The Morgan fingerprint density at radius 3 is 3.24 bits per heavy atom. The summed E-state index contributed by atoms with van der Waals surface area (Å²) in [5.41, 5.74) is 0. The smallest absolute Gasteiger partial charge is 0.257 e. The molecule has 0 unspecified atom stereocenters. The molecular formula is C13H20N2O2. The van der Waals surface area contributed by atoms with Crippen LogP contribution in [0, 0.1) is 0 Å². The zero-order chi connectivity index (χ0) is 11.9. The maximum Gasteiger partial charge on any atom is 0.257 e. The molecule has 1 atom stereocenters. The molecule has 1 saturated heterocycles. The van der Waals surface area contributed by atoms with Gasteiger partial charge in [-0.1, -0.05) is 6.92 Å². The van der Waals surface area contributed by atoms with Crippen molar-refractivity contribution < 1.29 is 9.47 Å². The van der Waals surface area contributed by atoms with Crippen molar-refractivity contribution >= 4 is 0 Å². The zero-order valence-corrected chi connectivity index (χ0v) is 10.3. The molecule has 1 aromatic heterocycles. The van der Waals surface area contributed by atoms with E-state index in [2.05, 4.69) is 17.2 Å². The highest BCUT2D eigenvalue weighted by Gasteiger charge is 2.17. The van der Waals surface area contributed by atoms with Gasteiger partial charge >= 0.3 is 0 Å². The molecule has 1 aliphatic heterocycles. The van der Waals surface area contributed by atoms with E-state index in [-0.39, 0.29) is 6.10 Å². The average Bonchev–Trinajstić information content (AvgIpc) is 2.39. The fraction of sp³-hybridized carbons (Fsp3) is 0.615. The third-order valence-electron chi connectivity index (χ3n) is 2.73. The first kappa shape index (κ1) is 12.2. The third-order valence-corrected chi connectivity index (χ3v) is 2.73. The lowest BCUT2D eigenvalue weighted by atomic mass is 10.1. The van der Waals surface area contributed by atoms with Crippen molar-refractivity contribution in [2.24, 2.45) is 0 Å². The summed E-state index contributed by atoms with van der Waals surface area (Å²) >= 11 is 0. The number of hydrogen-bond donors (Lipinski definition) is 1. The topological polar surface area (TPSA) is 43.4 Å². The molecular weight excluding hydrogens is 216 g/mol. The van der Waals surface area contributed by atoms with Crippen LogP contribution in [0.3, 0.4) is 0 Å². The monoisotopic (exact) mass is 236 g/mol. The van der Waals surface area contributed by atoms with Crippen LogP contribution in [0.2, 0.25) is 0 Å². The van der Waals surface area contributed by atoms with Gasteiger partial charge < -0.3 is 14.8 Å². The van der Waals surface area contributed by atoms with Gasteiger partial charge in [0.25, 0.3) is 5.88 Å². The second kappa shape index (κ2) is 6.45. The van der Waals surface area contributed by atoms with Crippen LogP contribution in [0.4, 0.5) is 0 Å². The van der Waals surface area contributed by atoms with Crippen LogP contribution in [0.15, 0.2) is 18.3 Å². The summed E-state index contributed by atoms with van der Waals surface area (Å²) in [5, 5.41) is 3.32. The van der Waals surface area contributed by atoms with Gasteiger partial charge in [0, 0.05) is 12.7 Å².